The van der Waals surface area contributed by atoms with Crippen molar-refractivity contribution in [2.75, 3.05) is 13.2 Å². The van der Waals surface area contributed by atoms with Gasteiger partial charge in [0.15, 0.2) is 0 Å². The van der Waals surface area contributed by atoms with Crippen LogP contribution >= 0.6 is 0 Å². The lowest BCUT2D eigenvalue weighted by Crippen LogP contribution is -2.23. The molecule has 0 spiro atoms. The van der Waals surface area contributed by atoms with E-state index in [4.69, 9.17) is 4.74 Å². The molecular formula is C10H20O. The highest BCUT2D eigenvalue weighted by Gasteiger charge is 2.22. The van der Waals surface area contributed by atoms with Gasteiger partial charge in [0, 0.05) is 13.2 Å². The van der Waals surface area contributed by atoms with E-state index >= 15 is 0 Å². The molecule has 1 aliphatic heterocycles. The molecule has 0 aromatic heterocycles. The predicted octanol–water partition coefficient (Wildman–Crippen LogP) is 3.02. The second-order valence-electron chi connectivity index (χ2n) is 2.97. The molecule has 1 saturated heterocycles. The van der Waals surface area contributed by atoms with Crippen LogP contribution in [-0.2, 0) is 4.74 Å². The van der Waals surface area contributed by atoms with E-state index in [-0.39, 0.29) is 0 Å². The highest BCUT2D eigenvalue weighted by atomic mass is 16.5. The third kappa shape index (κ3) is 3.57. The molecule has 0 aromatic rings. The van der Waals surface area contributed by atoms with Gasteiger partial charge in [-0.2, -0.15) is 0 Å². The standard InChI is InChI=1S/C8H14O.C2H6/c1-3-8(2)4-6-9-7-5-8;1-2/h3H,1,4-7H2,2H3;1-2H3. The smallest absolute Gasteiger partial charge is 0.0474 e. The van der Waals surface area contributed by atoms with E-state index in [0.29, 0.717) is 5.41 Å². The van der Waals surface area contributed by atoms with Crippen molar-refractivity contribution in [3.63, 3.8) is 0 Å². The van der Waals surface area contributed by atoms with Gasteiger partial charge in [0.1, 0.15) is 0 Å². The van der Waals surface area contributed by atoms with Crippen LogP contribution in [0.25, 0.3) is 0 Å². The summed E-state index contributed by atoms with van der Waals surface area (Å²) in [5.41, 5.74) is 0.359. The van der Waals surface area contributed by atoms with Gasteiger partial charge in [0.2, 0.25) is 0 Å². The van der Waals surface area contributed by atoms with E-state index in [9.17, 15) is 0 Å². The Hall–Kier alpha value is -0.300. The topological polar surface area (TPSA) is 9.23 Å². The third-order valence-corrected chi connectivity index (χ3v) is 2.13. The molecule has 0 atom stereocenters. The molecular weight excluding hydrogens is 136 g/mol. The van der Waals surface area contributed by atoms with E-state index in [2.05, 4.69) is 19.6 Å². The average Bonchev–Trinajstić information content (AvgIpc) is 2.10. The van der Waals surface area contributed by atoms with Gasteiger partial charge in [-0.25, -0.2) is 0 Å². The Morgan fingerprint density at radius 1 is 1.27 bits per heavy atom. The van der Waals surface area contributed by atoms with Crippen LogP contribution in [0.2, 0.25) is 0 Å². The summed E-state index contributed by atoms with van der Waals surface area (Å²) in [6.45, 7) is 11.8. The summed E-state index contributed by atoms with van der Waals surface area (Å²) in [7, 11) is 0. The summed E-state index contributed by atoms with van der Waals surface area (Å²) < 4.78 is 5.22. The van der Waals surface area contributed by atoms with Gasteiger partial charge < -0.3 is 4.74 Å². The molecule has 0 N–H and O–H groups in total. The molecule has 66 valence electrons. The van der Waals surface area contributed by atoms with Crippen LogP contribution in [0.4, 0.5) is 0 Å². The Labute approximate surface area is 70.4 Å². The minimum atomic E-state index is 0.359. The quantitative estimate of drug-likeness (QED) is 0.530. The molecule has 0 saturated carbocycles. The van der Waals surface area contributed by atoms with Gasteiger partial charge in [-0.3, -0.25) is 0 Å². The summed E-state index contributed by atoms with van der Waals surface area (Å²) in [5, 5.41) is 0. The van der Waals surface area contributed by atoms with Crippen molar-refractivity contribution in [1.29, 1.82) is 0 Å². The fraction of sp³-hybridized carbons (Fsp3) is 0.800. The van der Waals surface area contributed by atoms with Crippen molar-refractivity contribution < 1.29 is 4.74 Å². The first kappa shape index (κ1) is 10.7. The van der Waals surface area contributed by atoms with Crippen molar-refractivity contribution in [3.05, 3.63) is 12.7 Å². The molecule has 0 amide bonds. The summed E-state index contributed by atoms with van der Waals surface area (Å²) in [4.78, 5) is 0. The molecule has 1 aliphatic rings. The van der Waals surface area contributed by atoms with Crippen LogP contribution in [0, 0.1) is 5.41 Å². The molecule has 0 aromatic carbocycles. The molecule has 11 heavy (non-hydrogen) atoms. The van der Waals surface area contributed by atoms with Crippen molar-refractivity contribution in [2.24, 2.45) is 5.41 Å². The van der Waals surface area contributed by atoms with E-state index < -0.39 is 0 Å². The molecule has 0 unspecified atom stereocenters. The predicted molar refractivity (Wildman–Crippen MR) is 49.7 cm³/mol. The number of ether oxygens (including phenoxy) is 1. The van der Waals surface area contributed by atoms with Crippen molar-refractivity contribution >= 4 is 0 Å². The maximum absolute atomic E-state index is 5.22. The van der Waals surface area contributed by atoms with Crippen molar-refractivity contribution in [2.45, 2.75) is 33.6 Å². The van der Waals surface area contributed by atoms with Gasteiger partial charge in [0.25, 0.3) is 0 Å². The zero-order valence-electron chi connectivity index (χ0n) is 8.02. The minimum Gasteiger partial charge on any atom is -0.381 e. The van der Waals surface area contributed by atoms with E-state index in [1.54, 1.807) is 0 Å². The van der Waals surface area contributed by atoms with Gasteiger partial charge in [0.05, 0.1) is 0 Å². The first-order chi connectivity index (χ1) is 5.27. The van der Waals surface area contributed by atoms with Crippen LogP contribution < -0.4 is 0 Å². The van der Waals surface area contributed by atoms with Crippen molar-refractivity contribution in [1.82, 2.24) is 0 Å². The molecule has 1 fully saturated rings. The van der Waals surface area contributed by atoms with E-state index in [1.165, 1.54) is 0 Å². The largest absolute Gasteiger partial charge is 0.381 e. The highest BCUT2D eigenvalue weighted by Crippen LogP contribution is 2.30. The number of allylic oxidation sites excluding steroid dienone is 1. The van der Waals surface area contributed by atoms with E-state index in [1.807, 2.05) is 13.8 Å². The van der Waals surface area contributed by atoms with Gasteiger partial charge in [-0.05, 0) is 18.3 Å². The zero-order valence-corrected chi connectivity index (χ0v) is 8.02. The fourth-order valence-corrected chi connectivity index (χ4v) is 1.04. The van der Waals surface area contributed by atoms with Crippen LogP contribution in [0.3, 0.4) is 0 Å². The Balaban J connectivity index is 0.000000461. The Kier molecular flexibility index (Phi) is 5.22. The second kappa shape index (κ2) is 5.36. The lowest BCUT2D eigenvalue weighted by Gasteiger charge is -2.29. The molecule has 1 nitrogen and oxygen atoms in total. The van der Waals surface area contributed by atoms with Gasteiger partial charge in [-0.15, -0.1) is 6.58 Å². The summed E-state index contributed by atoms with van der Waals surface area (Å²) in [6, 6.07) is 0. The second-order valence-corrected chi connectivity index (χ2v) is 2.97. The minimum absolute atomic E-state index is 0.359. The summed E-state index contributed by atoms with van der Waals surface area (Å²) >= 11 is 0. The van der Waals surface area contributed by atoms with Gasteiger partial charge in [-0.1, -0.05) is 26.8 Å². The first-order valence-corrected chi connectivity index (χ1v) is 4.48. The summed E-state index contributed by atoms with van der Waals surface area (Å²) in [6.07, 6.45) is 4.32. The number of rotatable bonds is 1. The maximum atomic E-state index is 5.22. The van der Waals surface area contributed by atoms with Crippen LogP contribution in [-0.4, -0.2) is 13.2 Å². The highest BCUT2D eigenvalue weighted by molar-refractivity contribution is 4.92. The Bertz CT molecular complexity index is 101. The number of hydrogen-bond donors (Lipinski definition) is 0. The van der Waals surface area contributed by atoms with E-state index in [0.717, 1.165) is 26.1 Å². The molecule has 0 aliphatic carbocycles. The monoisotopic (exact) mass is 156 g/mol. The fourth-order valence-electron chi connectivity index (χ4n) is 1.04. The van der Waals surface area contributed by atoms with Crippen LogP contribution in [0.1, 0.15) is 33.6 Å². The lowest BCUT2D eigenvalue weighted by atomic mass is 9.83. The molecule has 0 bridgehead atoms. The van der Waals surface area contributed by atoms with Crippen LogP contribution in [0.5, 0.6) is 0 Å². The van der Waals surface area contributed by atoms with Crippen LogP contribution in [0.15, 0.2) is 12.7 Å². The molecule has 0 radical (unpaired) electrons. The Morgan fingerprint density at radius 3 is 2.00 bits per heavy atom. The zero-order chi connectivity index (χ0) is 8.74. The van der Waals surface area contributed by atoms with Crippen molar-refractivity contribution in [3.8, 4) is 0 Å². The third-order valence-electron chi connectivity index (χ3n) is 2.13. The summed E-state index contributed by atoms with van der Waals surface area (Å²) in [5.74, 6) is 0. The molecule has 1 heteroatoms. The maximum Gasteiger partial charge on any atom is 0.0474 e. The van der Waals surface area contributed by atoms with Gasteiger partial charge >= 0.3 is 0 Å². The Morgan fingerprint density at radius 2 is 1.73 bits per heavy atom. The SMILES string of the molecule is C=CC1(C)CCOCC1.CC. The normalized spacial score (nSPS) is 21.4. The molecule has 1 rings (SSSR count). The average molecular weight is 156 g/mol. The first-order valence-electron chi connectivity index (χ1n) is 4.48. The lowest BCUT2D eigenvalue weighted by molar-refractivity contribution is 0.0451. The number of hydrogen-bond acceptors (Lipinski definition) is 1. The molecule has 1 heterocycles.